The lowest BCUT2D eigenvalue weighted by molar-refractivity contribution is -0.154. The molecule has 0 fully saturated rings. The van der Waals surface area contributed by atoms with Crippen molar-refractivity contribution in [1.82, 2.24) is 0 Å². The number of nitrogens with two attached hydrogens (primary N) is 1. The average molecular weight is 648 g/mol. The van der Waals surface area contributed by atoms with Crippen LogP contribution >= 0.6 is 7.82 Å². The highest BCUT2D eigenvalue weighted by atomic mass is 31.2. The summed E-state index contributed by atoms with van der Waals surface area (Å²) in [5.41, 5.74) is 5.34. The Hall–Kier alpha value is -0.760. The van der Waals surface area contributed by atoms with Gasteiger partial charge in [0, 0.05) is 19.6 Å². The maximum Gasteiger partial charge on any atom is 0.472 e. The number of rotatable bonds is 35. The van der Waals surface area contributed by atoms with Crippen molar-refractivity contribution in [1.29, 1.82) is 0 Å². The molecule has 9 heteroatoms. The topological polar surface area (TPSA) is 117 Å². The third kappa shape index (κ3) is 32.6. The molecule has 0 rings (SSSR count). The van der Waals surface area contributed by atoms with Gasteiger partial charge in [-0.05, 0) is 32.1 Å². The van der Waals surface area contributed by atoms with E-state index in [0.717, 1.165) is 51.4 Å². The molecule has 2 unspecified atom stereocenters. The van der Waals surface area contributed by atoms with Gasteiger partial charge in [0.1, 0.15) is 6.10 Å². The van der Waals surface area contributed by atoms with Crippen LogP contribution in [0, 0.1) is 0 Å². The second-order valence-electron chi connectivity index (χ2n) is 12.1. The molecule has 0 heterocycles. The van der Waals surface area contributed by atoms with Gasteiger partial charge in [-0.1, -0.05) is 142 Å². The molecule has 0 aliphatic carbocycles. The van der Waals surface area contributed by atoms with Crippen molar-refractivity contribution >= 4 is 13.8 Å². The van der Waals surface area contributed by atoms with Crippen LogP contribution in [0.2, 0.25) is 0 Å². The molecule has 3 N–H and O–H groups in total. The van der Waals surface area contributed by atoms with Crippen molar-refractivity contribution < 1.29 is 32.8 Å². The summed E-state index contributed by atoms with van der Waals surface area (Å²) < 4.78 is 33.2. The fourth-order valence-electron chi connectivity index (χ4n) is 5.00. The summed E-state index contributed by atoms with van der Waals surface area (Å²) in [6.07, 6.45) is 32.2. The van der Waals surface area contributed by atoms with Gasteiger partial charge in [0.15, 0.2) is 0 Å². The standard InChI is InChI=1S/C35H70NO7P/c1-3-5-7-9-11-13-15-16-17-18-19-21-23-25-27-30-40-32-34(33-42-44(38,39)41-31-29-36)43-35(37)28-26-24-22-20-14-12-10-8-6-4-2/h8,10,34H,3-7,9,11-33,36H2,1-2H3,(H,38,39)/b10-8-. The van der Waals surface area contributed by atoms with Crippen LogP contribution in [-0.4, -0.2) is 49.9 Å². The van der Waals surface area contributed by atoms with Crippen LogP contribution in [-0.2, 0) is 27.9 Å². The molecule has 0 amide bonds. The Balaban J connectivity index is 4.06. The van der Waals surface area contributed by atoms with Crippen molar-refractivity contribution in [3.05, 3.63) is 12.2 Å². The highest BCUT2D eigenvalue weighted by Gasteiger charge is 2.25. The second kappa shape index (κ2) is 33.6. The van der Waals surface area contributed by atoms with Crippen molar-refractivity contribution in [2.24, 2.45) is 5.73 Å². The number of unbranched alkanes of at least 4 members (excludes halogenated alkanes) is 20. The Bertz CT molecular complexity index is 692. The lowest BCUT2D eigenvalue weighted by Gasteiger charge is -2.20. The molecule has 262 valence electrons. The van der Waals surface area contributed by atoms with Crippen molar-refractivity contribution in [2.75, 3.05) is 33.0 Å². The molecule has 44 heavy (non-hydrogen) atoms. The predicted octanol–water partition coefficient (Wildman–Crippen LogP) is 9.97. The largest absolute Gasteiger partial charge is 0.472 e. The molecule has 0 aromatic carbocycles. The summed E-state index contributed by atoms with van der Waals surface area (Å²) >= 11 is 0. The quantitative estimate of drug-likeness (QED) is 0.0302. The fraction of sp³-hybridized carbons (Fsp3) is 0.914. The van der Waals surface area contributed by atoms with Gasteiger partial charge in [0.25, 0.3) is 0 Å². The molecule has 0 aliphatic rings. The van der Waals surface area contributed by atoms with E-state index in [1.54, 1.807) is 0 Å². The Labute approximate surface area is 271 Å². The van der Waals surface area contributed by atoms with Crippen LogP contribution in [0.4, 0.5) is 0 Å². The number of hydrogen-bond donors (Lipinski definition) is 2. The summed E-state index contributed by atoms with van der Waals surface area (Å²) in [6.45, 7) is 4.86. The van der Waals surface area contributed by atoms with E-state index in [1.807, 2.05) is 0 Å². The minimum Gasteiger partial charge on any atom is -0.457 e. The van der Waals surface area contributed by atoms with E-state index >= 15 is 0 Å². The number of ether oxygens (including phenoxy) is 2. The van der Waals surface area contributed by atoms with Crippen molar-refractivity contribution in [3.8, 4) is 0 Å². The number of phosphoric acid groups is 1. The molecule has 0 bridgehead atoms. The van der Waals surface area contributed by atoms with Gasteiger partial charge in [0.05, 0.1) is 19.8 Å². The zero-order chi connectivity index (χ0) is 32.4. The first-order chi connectivity index (χ1) is 21.4. The van der Waals surface area contributed by atoms with E-state index in [-0.39, 0.29) is 32.3 Å². The zero-order valence-electron chi connectivity index (χ0n) is 28.7. The van der Waals surface area contributed by atoms with E-state index in [9.17, 15) is 14.3 Å². The Kier molecular flexibility index (Phi) is 33.0. The number of phosphoric ester groups is 1. The van der Waals surface area contributed by atoms with Crippen LogP contribution in [0.25, 0.3) is 0 Å². The van der Waals surface area contributed by atoms with Gasteiger partial charge < -0.3 is 20.1 Å². The summed E-state index contributed by atoms with van der Waals surface area (Å²) in [5, 5.41) is 0. The summed E-state index contributed by atoms with van der Waals surface area (Å²) in [6, 6.07) is 0. The first-order valence-corrected chi connectivity index (χ1v) is 19.7. The molecule has 8 nitrogen and oxygen atoms in total. The minimum atomic E-state index is -4.26. The smallest absolute Gasteiger partial charge is 0.457 e. The lowest BCUT2D eigenvalue weighted by Crippen LogP contribution is -2.28. The number of carbonyl (C=O) groups is 1. The normalized spacial score (nSPS) is 13.8. The molecular formula is C35H70NO7P. The monoisotopic (exact) mass is 647 g/mol. The molecule has 0 aliphatic heterocycles. The maximum atomic E-state index is 12.4. The van der Waals surface area contributed by atoms with Crippen LogP contribution < -0.4 is 5.73 Å². The SMILES string of the molecule is CCC/C=C\CCCCCCCC(=O)OC(COCCCCCCCCCCCCCCCCC)COP(=O)(O)OCCN. The average Bonchev–Trinajstić information content (AvgIpc) is 3.01. The molecule has 0 spiro atoms. The fourth-order valence-corrected chi connectivity index (χ4v) is 5.76. The minimum absolute atomic E-state index is 0.0943. The van der Waals surface area contributed by atoms with Gasteiger partial charge in [-0.15, -0.1) is 0 Å². The summed E-state index contributed by atoms with van der Waals surface area (Å²) in [4.78, 5) is 22.3. The van der Waals surface area contributed by atoms with E-state index in [4.69, 9.17) is 24.3 Å². The number of hydrogen-bond acceptors (Lipinski definition) is 7. The van der Waals surface area contributed by atoms with E-state index in [0.29, 0.717) is 13.0 Å². The zero-order valence-corrected chi connectivity index (χ0v) is 29.6. The van der Waals surface area contributed by atoms with Crippen molar-refractivity contribution in [3.63, 3.8) is 0 Å². The highest BCUT2D eigenvalue weighted by molar-refractivity contribution is 7.47. The maximum absolute atomic E-state index is 12.4. The third-order valence-corrected chi connectivity index (χ3v) is 8.65. The van der Waals surface area contributed by atoms with Crippen molar-refractivity contribution in [2.45, 2.75) is 174 Å². The number of carbonyl (C=O) groups excluding carboxylic acids is 1. The number of esters is 1. The molecule has 0 saturated heterocycles. The Morgan fingerprint density at radius 3 is 1.75 bits per heavy atom. The first-order valence-electron chi connectivity index (χ1n) is 18.2. The number of allylic oxidation sites excluding steroid dienone is 2. The van der Waals surface area contributed by atoms with Crippen LogP contribution in [0.3, 0.4) is 0 Å². The Morgan fingerprint density at radius 1 is 0.659 bits per heavy atom. The van der Waals surface area contributed by atoms with Crippen LogP contribution in [0.15, 0.2) is 12.2 Å². The van der Waals surface area contributed by atoms with Gasteiger partial charge in [-0.25, -0.2) is 4.57 Å². The Morgan fingerprint density at radius 2 is 1.18 bits per heavy atom. The van der Waals surface area contributed by atoms with Gasteiger partial charge >= 0.3 is 13.8 Å². The highest BCUT2D eigenvalue weighted by Crippen LogP contribution is 2.43. The molecule has 2 atom stereocenters. The van der Waals surface area contributed by atoms with Gasteiger partial charge in [-0.2, -0.15) is 0 Å². The molecule has 0 radical (unpaired) electrons. The van der Waals surface area contributed by atoms with E-state index < -0.39 is 13.9 Å². The van der Waals surface area contributed by atoms with E-state index in [2.05, 4.69) is 26.0 Å². The molecule has 0 saturated carbocycles. The summed E-state index contributed by atoms with van der Waals surface area (Å²) in [5.74, 6) is -0.340. The second-order valence-corrected chi connectivity index (χ2v) is 13.5. The van der Waals surface area contributed by atoms with Gasteiger partial charge in [0.2, 0.25) is 0 Å². The molecule has 0 aromatic rings. The summed E-state index contributed by atoms with van der Waals surface area (Å²) in [7, 11) is -4.26. The molecule has 0 aromatic heterocycles. The lowest BCUT2D eigenvalue weighted by atomic mass is 10.0. The van der Waals surface area contributed by atoms with E-state index in [1.165, 1.54) is 96.3 Å². The van der Waals surface area contributed by atoms with Gasteiger partial charge in [-0.3, -0.25) is 13.8 Å². The molecular weight excluding hydrogens is 577 g/mol. The third-order valence-electron chi connectivity index (χ3n) is 7.66. The van der Waals surface area contributed by atoms with Crippen LogP contribution in [0.1, 0.15) is 168 Å². The predicted molar refractivity (Wildman–Crippen MR) is 183 cm³/mol. The van der Waals surface area contributed by atoms with Crippen LogP contribution in [0.5, 0.6) is 0 Å². The first kappa shape index (κ1) is 43.2.